The van der Waals surface area contributed by atoms with Crippen molar-refractivity contribution in [1.29, 1.82) is 0 Å². The van der Waals surface area contributed by atoms with Crippen LogP contribution in [-0.2, 0) is 13.1 Å². The maximum absolute atomic E-state index is 13.9. The highest BCUT2D eigenvalue weighted by Gasteiger charge is 2.44. The van der Waals surface area contributed by atoms with E-state index in [1.807, 2.05) is 38.1 Å². The Morgan fingerprint density at radius 2 is 1.85 bits per heavy atom. The van der Waals surface area contributed by atoms with Crippen LogP contribution in [0.2, 0.25) is 0 Å². The summed E-state index contributed by atoms with van der Waals surface area (Å²) in [7, 11) is 0. The highest BCUT2D eigenvalue weighted by Crippen LogP contribution is 2.46. The van der Waals surface area contributed by atoms with Crippen LogP contribution in [0.25, 0.3) is 5.69 Å². The number of hydrogen-bond donors (Lipinski definition) is 2. The van der Waals surface area contributed by atoms with E-state index >= 15 is 0 Å². The Morgan fingerprint density at radius 3 is 2.49 bits per heavy atom. The Kier molecular flexibility index (Phi) is 7.20. The van der Waals surface area contributed by atoms with Crippen LogP contribution < -0.4 is 21.4 Å². The number of carbonyl (C=O) groups excluding carboxylic acids is 1. The SMILES string of the molecule is CC(=O)c1ccc(-n2c(=O)n3n(c2=O)C2C(=CC3)C(C)(C)Oc3cc(CN(C(=O)O)C4CCNC4)ccc32)cc1.Cl. The molecule has 12 heteroatoms. The Balaban J connectivity index is 0.00000337. The van der Waals surface area contributed by atoms with Gasteiger partial charge < -0.3 is 15.2 Å². The fraction of sp³-hybridized carbons (Fsp3) is 0.379. The number of nitrogens with zero attached hydrogens (tertiary/aromatic N) is 4. The fourth-order valence-corrected chi connectivity index (χ4v) is 6.06. The van der Waals surface area contributed by atoms with Crippen molar-refractivity contribution in [2.75, 3.05) is 13.1 Å². The second-order valence-corrected chi connectivity index (χ2v) is 11.0. The number of Topliss-reactive ketones (excluding diaryl/α,β-unsaturated/α-hetero) is 1. The normalized spacial score (nSPS) is 20.0. The number of amides is 1. The predicted octanol–water partition coefficient (Wildman–Crippen LogP) is 2.97. The number of benzene rings is 2. The molecule has 1 saturated heterocycles. The van der Waals surface area contributed by atoms with Crippen LogP contribution >= 0.6 is 12.4 Å². The first-order chi connectivity index (χ1) is 19.1. The molecule has 2 aromatic carbocycles. The van der Waals surface area contributed by atoms with Gasteiger partial charge in [0, 0.05) is 30.3 Å². The zero-order valence-electron chi connectivity index (χ0n) is 23.0. The van der Waals surface area contributed by atoms with Crippen LogP contribution in [0.1, 0.15) is 54.7 Å². The Bertz CT molecular complexity index is 1680. The molecule has 0 bridgehead atoms. The minimum atomic E-state index is -0.974. The van der Waals surface area contributed by atoms with Crippen LogP contribution in [0.3, 0.4) is 0 Å². The van der Waals surface area contributed by atoms with Gasteiger partial charge in [0.25, 0.3) is 0 Å². The lowest BCUT2D eigenvalue weighted by atomic mass is 9.82. The van der Waals surface area contributed by atoms with E-state index in [4.69, 9.17) is 4.74 Å². The van der Waals surface area contributed by atoms with Gasteiger partial charge >= 0.3 is 17.5 Å². The highest BCUT2D eigenvalue weighted by molar-refractivity contribution is 5.94. The van der Waals surface area contributed by atoms with Crippen molar-refractivity contribution < 1.29 is 19.4 Å². The monoisotopic (exact) mass is 581 g/mol. The molecule has 0 saturated carbocycles. The maximum atomic E-state index is 13.9. The number of rotatable bonds is 5. The van der Waals surface area contributed by atoms with Gasteiger partial charge in [-0.25, -0.2) is 28.3 Å². The molecular formula is C29H32ClN5O6. The number of hydrogen-bond acceptors (Lipinski definition) is 6. The molecule has 1 amide bonds. The average Bonchev–Trinajstić information content (AvgIpc) is 3.53. The maximum Gasteiger partial charge on any atom is 0.407 e. The molecule has 1 fully saturated rings. The van der Waals surface area contributed by atoms with E-state index < -0.39 is 29.1 Å². The average molecular weight is 582 g/mol. The number of allylic oxidation sites excluding steroid dienone is 1. The van der Waals surface area contributed by atoms with E-state index in [1.165, 1.54) is 21.2 Å². The molecule has 2 N–H and O–H groups in total. The molecule has 2 unspecified atom stereocenters. The third-order valence-corrected chi connectivity index (χ3v) is 8.12. The van der Waals surface area contributed by atoms with Gasteiger partial charge in [-0.15, -0.1) is 12.4 Å². The summed E-state index contributed by atoms with van der Waals surface area (Å²) in [5.74, 6) is 0.443. The quantitative estimate of drug-likeness (QED) is 0.350. The number of aromatic nitrogens is 3. The molecule has 3 aliphatic rings. The van der Waals surface area contributed by atoms with Crippen LogP contribution in [0.15, 0.2) is 63.7 Å². The van der Waals surface area contributed by atoms with Crippen LogP contribution in [0.5, 0.6) is 5.75 Å². The number of ether oxygens (including phenoxy) is 1. The predicted molar refractivity (Wildman–Crippen MR) is 154 cm³/mol. The van der Waals surface area contributed by atoms with Crippen molar-refractivity contribution in [2.45, 2.75) is 58.0 Å². The van der Waals surface area contributed by atoms with Crippen molar-refractivity contribution >= 4 is 24.3 Å². The summed E-state index contributed by atoms with van der Waals surface area (Å²) in [5, 5.41) is 13.1. The van der Waals surface area contributed by atoms with Crippen LogP contribution in [-0.4, -0.2) is 60.5 Å². The summed E-state index contributed by atoms with van der Waals surface area (Å²) in [6, 6.07) is 11.3. The Morgan fingerprint density at radius 1 is 1.12 bits per heavy atom. The summed E-state index contributed by atoms with van der Waals surface area (Å²) in [6.07, 6.45) is 1.72. The first-order valence-corrected chi connectivity index (χ1v) is 13.3. The third-order valence-electron chi connectivity index (χ3n) is 8.12. The molecule has 0 aliphatic carbocycles. The summed E-state index contributed by atoms with van der Waals surface area (Å²) in [6.45, 7) is 7.12. The molecule has 3 aromatic rings. The standard InChI is InChI=1S/C29H31N5O6.ClH/c1-17(35)19-5-7-20(8-6-19)33-26(36)32-13-11-23-25(34(32)27(33)37)22-9-4-18(14-24(22)40-29(23,2)3)16-31(28(38)39)21-10-12-30-15-21;/h4-9,11,14,21,25,30H,10,12-13,15-16H2,1-3H3,(H,38,39);1H. The lowest BCUT2D eigenvalue weighted by molar-refractivity contribution is 0.101. The number of carboxylic acid groups (broad SMARTS) is 1. The number of nitrogens with one attached hydrogen (secondary N) is 1. The Labute approximate surface area is 242 Å². The zero-order chi connectivity index (χ0) is 28.3. The molecule has 3 aliphatic heterocycles. The van der Waals surface area contributed by atoms with Gasteiger partial charge in [0.05, 0.1) is 12.2 Å². The summed E-state index contributed by atoms with van der Waals surface area (Å²) in [4.78, 5) is 52.5. The van der Waals surface area contributed by atoms with E-state index in [0.29, 0.717) is 23.5 Å². The van der Waals surface area contributed by atoms with Crippen molar-refractivity contribution in [3.63, 3.8) is 0 Å². The molecule has 41 heavy (non-hydrogen) atoms. The van der Waals surface area contributed by atoms with Crippen molar-refractivity contribution in [2.24, 2.45) is 0 Å². The number of ketones is 1. The van der Waals surface area contributed by atoms with Gasteiger partial charge in [0.1, 0.15) is 17.4 Å². The van der Waals surface area contributed by atoms with Crippen LogP contribution in [0, 0.1) is 0 Å². The van der Waals surface area contributed by atoms with E-state index in [2.05, 4.69) is 5.32 Å². The first kappa shape index (κ1) is 28.4. The van der Waals surface area contributed by atoms with E-state index in [-0.39, 0.29) is 37.3 Å². The zero-order valence-corrected chi connectivity index (χ0v) is 23.8. The van der Waals surface area contributed by atoms with Gasteiger partial charge in [0.2, 0.25) is 0 Å². The summed E-state index contributed by atoms with van der Waals surface area (Å²) in [5.41, 5.74) is 1.50. The lowest BCUT2D eigenvalue weighted by Crippen LogP contribution is -2.46. The fourth-order valence-electron chi connectivity index (χ4n) is 6.06. The van der Waals surface area contributed by atoms with Crippen LogP contribution in [0.4, 0.5) is 4.79 Å². The van der Waals surface area contributed by atoms with Gasteiger partial charge in [-0.05, 0) is 75.2 Å². The largest absolute Gasteiger partial charge is 0.483 e. The van der Waals surface area contributed by atoms with E-state index in [0.717, 1.165) is 34.2 Å². The molecule has 0 spiro atoms. The molecule has 216 valence electrons. The lowest BCUT2D eigenvalue weighted by Gasteiger charge is -2.42. The van der Waals surface area contributed by atoms with E-state index in [1.54, 1.807) is 24.3 Å². The minimum absolute atomic E-state index is 0. The van der Waals surface area contributed by atoms with Crippen molar-refractivity contribution in [3.05, 3.63) is 91.8 Å². The highest BCUT2D eigenvalue weighted by atomic mass is 35.5. The molecule has 0 radical (unpaired) electrons. The number of carbonyl (C=O) groups is 2. The molecule has 11 nitrogen and oxygen atoms in total. The summed E-state index contributed by atoms with van der Waals surface area (Å²) >= 11 is 0. The number of fused-ring (bicyclic) bond motifs is 5. The van der Waals surface area contributed by atoms with Gasteiger partial charge in [-0.2, -0.15) is 0 Å². The molecular weight excluding hydrogens is 550 g/mol. The Hall–Kier alpha value is -4.09. The molecule has 2 atom stereocenters. The summed E-state index contributed by atoms with van der Waals surface area (Å²) < 4.78 is 10.4. The molecule has 4 heterocycles. The topological polar surface area (TPSA) is 128 Å². The minimum Gasteiger partial charge on any atom is -0.483 e. The second-order valence-electron chi connectivity index (χ2n) is 11.0. The molecule has 6 rings (SSSR count). The van der Waals surface area contributed by atoms with Crippen molar-refractivity contribution in [1.82, 2.24) is 24.1 Å². The second kappa shape index (κ2) is 10.4. The van der Waals surface area contributed by atoms with Gasteiger partial charge in [0.15, 0.2) is 5.78 Å². The first-order valence-electron chi connectivity index (χ1n) is 13.3. The van der Waals surface area contributed by atoms with E-state index in [9.17, 15) is 24.3 Å². The smallest absolute Gasteiger partial charge is 0.407 e. The third kappa shape index (κ3) is 4.68. The molecule has 1 aromatic heterocycles. The van der Waals surface area contributed by atoms with Gasteiger partial charge in [-0.3, -0.25) is 9.69 Å². The van der Waals surface area contributed by atoms with Gasteiger partial charge in [-0.1, -0.05) is 18.2 Å². The number of halogens is 1. The van der Waals surface area contributed by atoms with Crippen molar-refractivity contribution in [3.8, 4) is 11.4 Å².